The van der Waals surface area contributed by atoms with E-state index < -0.39 is 17.1 Å². The molecular formula is C34H26Cl2N4O4S. The number of carbonyl (C=O) groups is 3. The topological polar surface area (TPSA) is 113 Å². The molecule has 3 amide bonds. The molecule has 0 saturated heterocycles. The van der Waals surface area contributed by atoms with Crippen LogP contribution >= 0.6 is 35.0 Å². The van der Waals surface area contributed by atoms with Crippen molar-refractivity contribution >= 4 is 70.3 Å². The first-order chi connectivity index (χ1) is 21.8. The van der Waals surface area contributed by atoms with E-state index in [0.29, 0.717) is 43.3 Å². The molecule has 226 valence electrons. The smallest absolute Gasteiger partial charge is 0.272 e. The van der Waals surface area contributed by atoms with Gasteiger partial charge in [0.15, 0.2) is 5.82 Å². The maximum absolute atomic E-state index is 13.6. The summed E-state index contributed by atoms with van der Waals surface area (Å²) in [5.41, 5.74) is 1.89. The standard InChI is InChI=1S/C34H26Cl2N4O4S/c1-21-18-30(40-44-21)39-34(43)31(22-10-4-2-5-11-22)45-25-15-8-14-24(19-25)37-33(42)29(20-26-27(35)16-9-17-28(26)36)38-32(41)23-12-6-3-7-13-23/h2-20,31H,1H3,(H,37,42)(H,38,41)(H,39,40,43)/b29-20+. The fourth-order valence-electron chi connectivity index (χ4n) is 4.23. The van der Waals surface area contributed by atoms with E-state index in [-0.39, 0.29) is 11.6 Å². The van der Waals surface area contributed by atoms with Crippen LogP contribution in [0.1, 0.15) is 32.5 Å². The molecule has 1 heterocycles. The van der Waals surface area contributed by atoms with E-state index in [9.17, 15) is 14.4 Å². The van der Waals surface area contributed by atoms with Crippen molar-refractivity contribution in [2.24, 2.45) is 0 Å². The Morgan fingerprint density at radius 2 is 1.49 bits per heavy atom. The highest BCUT2D eigenvalue weighted by Gasteiger charge is 2.24. The van der Waals surface area contributed by atoms with E-state index in [4.69, 9.17) is 27.7 Å². The number of hydrogen-bond acceptors (Lipinski definition) is 6. The van der Waals surface area contributed by atoms with Crippen LogP contribution in [0.25, 0.3) is 6.08 Å². The molecule has 8 nitrogen and oxygen atoms in total. The average Bonchev–Trinajstić information content (AvgIpc) is 3.46. The molecule has 5 aromatic rings. The molecule has 1 atom stereocenters. The minimum absolute atomic E-state index is 0.0682. The second-order valence-corrected chi connectivity index (χ2v) is 11.7. The minimum Gasteiger partial charge on any atom is -0.360 e. The van der Waals surface area contributed by atoms with Gasteiger partial charge >= 0.3 is 0 Å². The number of thioether (sulfide) groups is 1. The molecule has 0 fully saturated rings. The van der Waals surface area contributed by atoms with Gasteiger partial charge in [0.05, 0.1) is 0 Å². The minimum atomic E-state index is -0.642. The van der Waals surface area contributed by atoms with Crippen molar-refractivity contribution < 1.29 is 18.9 Å². The zero-order valence-electron chi connectivity index (χ0n) is 23.8. The third-order valence-corrected chi connectivity index (χ3v) is 8.29. The molecule has 0 bridgehead atoms. The van der Waals surface area contributed by atoms with Crippen molar-refractivity contribution in [2.45, 2.75) is 17.1 Å². The van der Waals surface area contributed by atoms with E-state index in [2.05, 4.69) is 21.1 Å². The predicted molar refractivity (Wildman–Crippen MR) is 178 cm³/mol. The second kappa shape index (κ2) is 14.8. The molecule has 3 N–H and O–H groups in total. The number of anilines is 2. The van der Waals surface area contributed by atoms with Gasteiger partial charge in [-0.05, 0) is 61.0 Å². The molecule has 0 aliphatic rings. The van der Waals surface area contributed by atoms with E-state index in [1.54, 1.807) is 79.7 Å². The molecule has 0 aliphatic carbocycles. The molecule has 0 aliphatic heterocycles. The summed E-state index contributed by atoms with van der Waals surface area (Å²) in [4.78, 5) is 40.7. The Hall–Kier alpha value is -4.83. The summed E-state index contributed by atoms with van der Waals surface area (Å²) in [7, 11) is 0. The molecule has 4 aromatic carbocycles. The summed E-state index contributed by atoms with van der Waals surface area (Å²) in [5, 5.41) is 12.2. The Labute approximate surface area is 273 Å². The fraction of sp³-hybridized carbons (Fsp3) is 0.0588. The maximum Gasteiger partial charge on any atom is 0.272 e. The number of aromatic nitrogens is 1. The van der Waals surface area contributed by atoms with E-state index in [0.717, 1.165) is 5.56 Å². The first-order valence-electron chi connectivity index (χ1n) is 13.7. The maximum atomic E-state index is 13.6. The van der Waals surface area contributed by atoms with E-state index in [1.807, 2.05) is 36.4 Å². The van der Waals surface area contributed by atoms with Crippen LogP contribution in [0.4, 0.5) is 11.5 Å². The van der Waals surface area contributed by atoms with Crippen LogP contribution < -0.4 is 16.0 Å². The lowest BCUT2D eigenvalue weighted by molar-refractivity contribution is -0.116. The van der Waals surface area contributed by atoms with Gasteiger partial charge < -0.3 is 20.5 Å². The summed E-state index contributed by atoms with van der Waals surface area (Å²) in [6.07, 6.45) is 1.43. The van der Waals surface area contributed by atoms with Crippen LogP contribution in [0.2, 0.25) is 10.0 Å². The monoisotopic (exact) mass is 656 g/mol. The molecule has 0 radical (unpaired) electrons. The third kappa shape index (κ3) is 8.42. The molecule has 5 rings (SSSR count). The number of hydrogen-bond donors (Lipinski definition) is 3. The number of benzene rings is 4. The number of rotatable bonds is 10. The lowest BCUT2D eigenvalue weighted by Crippen LogP contribution is -2.30. The zero-order chi connectivity index (χ0) is 31.8. The van der Waals surface area contributed by atoms with E-state index in [1.165, 1.54) is 17.8 Å². The van der Waals surface area contributed by atoms with Crippen LogP contribution in [0.3, 0.4) is 0 Å². The largest absolute Gasteiger partial charge is 0.360 e. The van der Waals surface area contributed by atoms with Crippen molar-refractivity contribution in [2.75, 3.05) is 10.6 Å². The van der Waals surface area contributed by atoms with Crippen LogP contribution in [-0.2, 0) is 9.59 Å². The number of halogens is 2. The Morgan fingerprint density at radius 3 is 2.16 bits per heavy atom. The highest BCUT2D eigenvalue weighted by Crippen LogP contribution is 2.37. The Balaban J connectivity index is 1.39. The lowest BCUT2D eigenvalue weighted by Gasteiger charge is -2.17. The number of carbonyl (C=O) groups excluding carboxylic acids is 3. The Bertz CT molecular complexity index is 1840. The number of aryl methyl sites for hydroxylation is 1. The first-order valence-corrected chi connectivity index (χ1v) is 15.3. The van der Waals surface area contributed by atoms with Crippen molar-refractivity contribution in [1.29, 1.82) is 0 Å². The highest BCUT2D eigenvalue weighted by molar-refractivity contribution is 8.00. The van der Waals surface area contributed by atoms with Gasteiger partial charge in [-0.1, -0.05) is 89.0 Å². The Morgan fingerprint density at radius 1 is 0.822 bits per heavy atom. The van der Waals surface area contributed by atoms with Gasteiger partial charge in [0, 0.05) is 37.8 Å². The van der Waals surface area contributed by atoms with Gasteiger partial charge in [-0.3, -0.25) is 14.4 Å². The van der Waals surface area contributed by atoms with Crippen molar-refractivity contribution in [3.63, 3.8) is 0 Å². The molecular weight excluding hydrogens is 631 g/mol. The zero-order valence-corrected chi connectivity index (χ0v) is 26.1. The molecule has 0 spiro atoms. The number of amides is 3. The molecule has 11 heteroatoms. The highest BCUT2D eigenvalue weighted by atomic mass is 35.5. The van der Waals surface area contributed by atoms with Gasteiger partial charge in [0.1, 0.15) is 16.7 Å². The van der Waals surface area contributed by atoms with Crippen molar-refractivity contribution in [1.82, 2.24) is 10.5 Å². The Kier molecular flexibility index (Phi) is 10.4. The van der Waals surface area contributed by atoms with Gasteiger partial charge in [-0.15, -0.1) is 11.8 Å². The molecule has 1 unspecified atom stereocenters. The summed E-state index contributed by atoms with van der Waals surface area (Å²) >= 11 is 14.0. The summed E-state index contributed by atoms with van der Waals surface area (Å²) in [6, 6.07) is 31.5. The quantitative estimate of drug-likeness (QED) is 0.103. The van der Waals surface area contributed by atoms with Crippen LogP contribution in [0.15, 0.2) is 124 Å². The molecule has 45 heavy (non-hydrogen) atoms. The summed E-state index contributed by atoms with van der Waals surface area (Å²) in [5.74, 6) is -0.488. The van der Waals surface area contributed by atoms with E-state index >= 15 is 0 Å². The average molecular weight is 658 g/mol. The summed E-state index contributed by atoms with van der Waals surface area (Å²) < 4.78 is 5.08. The fourth-order valence-corrected chi connectivity index (χ4v) is 5.82. The van der Waals surface area contributed by atoms with Crippen molar-refractivity contribution in [3.8, 4) is 0 Å². The number of nitrogens with one attached hydrogen (secondary N) is 3. The molecule has 1 aromatic heterocycles. The van der Waals surface area contributed by atoms with Gasteiger partial charge in [0.25, 0.3) is 11.8 Å². The van der Waals surface area contributed by atoms with Crippen LogP contribution in [-0.4, -0.2) is 22.9 Å². The van der Waals surface area contributed by atoms with Gasteiger partial charge in [0.2, 0.25) is 5.91 Å². The van der Waals surface area contributed by atoms with Gasteiger partial charge in [-0.2, -0.15) is 0 Å². The normalized spacial score (nSPS) is 11.8. The third-order valence-electron chi connectivity index (χ3n) is 6.38. The summed E-state index contributed by atoms with van der Waals surface area (Å²) in [6.45, 7) is 1.74. The van der Waals surface area contributed by atoms with Crippen LogP contribution in [0, 0.1) is 6.92 Å². The SMILES string of the molecule is Cc1cc(NC(=O)C(Sc2cccc(NC(=O)/C(=C\c3c(Cl)cccc3Cl)NC(=O)c3ccccc3)c2)c2ccccc2)no1. The lowest BCUT2D eigenvalue weighted by atomic mass is 10.1. The van der Waals surface area contributed by atoms with Crippen LogP contribution in [0.5, 0.6) is 0 Å². The predicted octanol–water partition coefficient (Wildman–Crippen LogP) is 8.17. The molecule has 0 saturated carbocycles. The van der Waals surface area contributed by atoms with Gasteiger partial charge in [-0.25, -0.2) is 0 Å². The number of nitrogens with zero attached hydrogens (tertiary/aromatic N) is 1. The van der Waals surface area contributed by atoms with Crippen molar-refractivity contribution in [3.05, 3.63) is 147 Å². The first kappa shape index (κ1) is 31.6. The second-order valence-electron chi connectivity index (χ2n) is 9.72.